The molecule has 0 aliphatic carbocycles. The fourth-order valence-corrected chi connectivity index (χ4v) is 4.94. The molecule has 144 valence electrons. The van der Waals surface area contributed by atoms with E-state index in [4.69, 9.17) is 0 Å². The van der Waals surface area contributed by atoms with Gasteiger partial charge in [-0.05, 0) is 38.5 Å². The molecule has 1 amide bonds. The number of anilines is 2. The van der Waals surface area contributed by atoms with Crippen molar-refractivity contribution < 1.29 is 17.6 Å². The molecular weight excluding hydrogens is 371 g/mol. The molecule has 0 bridgehead atoms. The topological polar surface area (TPSA) is 92.3 Å². The molecule has 1 atom stereocenters. The van der Waals surface area contributed by atoms with Crippen LogP contribution in [-0.2, 0) is 9.84 Å². The first kappa shape index (κ1) is 19.2. The normalized spacial score (nSPS) is 18.3. The van der Waals surface area contributed by atoms with Crippen molar-refractivity contribution >= 4 is 27.2 Å². The van der Waals surface area contributed by atoms with E-state index in [9.17, 15) is 17.6 Å². The van der Waals surface area contributed by atoms with Gasteiger partial charge in [0.2, 0.25) is 0 Å². The summed E-state index contributed by atoms with van der Waals surface area (Å²) >= 11 is 0. The van der Waals surface area contributed by atoms with Crippen LogP contribution >= 0.6 is 0 Å². The van der Waals surface area contributed by atoms with Gasteiger partial charge in [-0.25, -0.2) is 22.8 Å². The van der Waals surface area contributed by atoms with Gasteiger partial charge in [-0.2, -0.15) is 0 Å². The lowest BCUT2D eigenvalue weighted by atomic mass is 10.2. The van der Waals surface area contributed by atoms with Gasteiger partial charge >= 0.3 is 0 Å². The summed E-state index contributed by atoms with van der Waals surface area (Å²) < 4.78 is 36.9. The molecule has 1 N–H and O–H groups in total. The highest BCUT2D eigenvalue weighted by molar-refractivity contribution is 7.91. The van der Waals surface area contributed by atoms with Crippen LogP contribution in [0.3, 0.4) is 0 Å². The average molecular weight is 392 g/mol. The molecule has 1 aromatic carbocycles. The summed E-state index contributed by atoms with van der Waals surface area (Å²) in [5, 5.41) is 2.61. The SMILES string of the molecule is CCN(c1cc(C(=O)Nc2cccc(F)c2)nc(C)n1)C1CCS(=O)(=O)C1. The lowest BCUT2D eigenvalue weighted by Gasteiger charge is -2.28. The molecule has 1 aliphatic rings. The number of carbonyl (C=O) groups is 1. The minimum atomic E-state index is -3.04. The number of carbonyl (C=O) groups excluding carboxylic acids is 1. The Hall–Kier alpha value is -2.55. The molecule has 1 aromatic heterocycles. The highest BCUT2D eigenvalue weighted by Crippen LogP contribution is 2.23. The average Bonchev–Trinajstić information content (AvgIpc) is 2.95. The Labute approximate surface area is 157 Å². The zero-order chi connectivity index (χ0) is 19.6. The minimum Gasteiger partial charge on any atom is -0.353 e. The molecule has 1 aliphatic heterocycles. The molecule has 2 heterocycles. The monoisotopic (exact) mass is 392 g/mol. The number of nitrogens with one attached hydrogen (secondary N) is 1. The molecule has 0 radical (unpaired) electrons. The van der Waals surface area contributed by atoms with Crippen LogP contribution in [0, 0.1) is 12.7 Å². The van der Waals surface area contributed by atoms with Crippen molar-refractivity contribution in [2.24, 2.45) is 0 Å². The third kappa shape index (κ3) is 4.60. The number of amides is 1. The van der Waals surface area contributed by atoms with Gasteiger partial charge in [-0.3, -0.25) is 4.79 Å². The van der Waals surface area contributed by atoms with Crippen LogP contribution in [0.5, 0.6) is 0 Å². The second-order valence-electron chi connectivity index (χ2n) is 6.47. The van der Waals surface area contributed by atoms with Crippen LogP contribution < -0.4 is 10.2 Å². The minimum absolute atomic E-state index is 0.0781. The number of hydrogen-bond acceptors (Lipinski definition) is 6. The first-order chi connectivity index (χ1) is 12.8. The number of benzene rings is 1. The van der Waals surface area contributed by atoms with E-state index in [0.717, 1.165) is 0 Å². The summed E-state index contributed by atoms with van der Waals surface area (Å²) in [6, 6.07) is 6.95. The van der Waals surface area contributed by atoms with Gasteiger partial charge in [0.25, 0.3) is 5.91 Å². The van der Waals surface area contributed by atoms with Gasteiger partial charge in [-0.15, -0.1) is 0 Å². The zero-order valence-corrected chi connectivity index (χ0v) is 16.0. The van der Waals surface area contributed by atoms with Crippen LogP contribution in [0.15, 0.2) is 30.3 Å². The van der Waals surface area contributed by atoms with Crippen molar-refractivity contribution in [1.29, 1.82) is 0 Å². The van der Waals surface area contributed by atoms with Gasteiger partial charge in [0.05, 0.1) is 11.5 Å². The number of sulfone groups is 1. The highest BCUT2D eigenvalue weighted by Gasteiger charge is 2.32. The number of aromatic nitrogens is 2. The van der Waals surface area contributed by atoms with E-state index in [2.05, 4.69) is 15.3 Å². The van der Waals surface area contributed by atoms with Gasteiger partial charge in [-0.1, -0.05) is 6.07 Å². The maximum absolute atomic E-state index is 13.3. The van der Waals surface area contributed by atoms with Gasteiger partial charge in [0, 0.05) is 24.3 Å². The van der Waals surface area contributed by atoms with Crippen LogP contribution in [0.4, 0.5) is 15.9 Å². The maximum Gasteiger partial charge on any atom is 0.274 e. The number of halogens is 1. The molecule has 1 unspecified atom stereocenters. The van der Waals surface area contributed by atoms with E-state index in [1.54, 1.807) is 13.0 Å². The Kier molecular flexibility index (Phi) is 5.41. The van der Waals surface area contributed by atoms with E-state index in [1.165, 1.54) is 24.3 Å². The van der Waals surface area contributed by atoms with E-state index >= 15 is 0 Å². The molecular formula is C18H21FN4O3S. The first-order valence-electron chi connectivity index (χ1n) is 8.67. The summed E-state index contributed by atoms with van der Waals surface area (Å²) in [5.41, 5.74) is 0.466. The van der Waals surface area contributed by atoms with Crippen LogP contribution in [0.2, 0.25) is 0 Å². The molecule has 1 saturated heterocycles. The van der Waals surface area contributed by atoms with Gasteiger partial charge in [0.1, 0.15) is 23.2 Å². The lowest BCUT2D eigenvalue weighted by Crippen LogP contribution is -2.37. The number of aryl methyl sites for hydroxylation is 1. The van der Waals surface area contributed by atoms with Gasteiger partial charge < -0.3 is 10.2 Å². The van der Waals surface area contributed by atoms with Crippen molar-refractivity contribution in [2.75, 3.05) is 28.3 Å². The summed E-state index contributed by atoms with van der Waals surface area (Å²) in [6.45, 7) is 4.14. The summed E-state index contributed by atoms with van der Waals surface area (Å²) in [6.07, 6.45) is 0.532. The smallest absolute Gasteiger partial charge is 0.274 e. The second-order valence-corrected chi connectivity index (χ2v) is 8.69. The molecule has 9 heteroatoms. The summed E-state index contributed by atoms with van der Waals surface area (Å²) in [5.74, 6) is 0.210. The Morgan fingerprint density at radius 2 is 2.11 bits per heavy atom. The molecule has 1 fully saturated rings. The molecule has 3 rings (SSSR count). The zero-order valence-electron chi connectivity index (χ0n) is 15.1. The summed E-state index contributed by atoms with van der Waals surface area (Å²) in [4.78, 5) is 23.0. The predicted molar refractivity (Wildman–Crippen MR) is 101 cm³/mol. The van der Waals surface area contributed by atoms with Crippen molar-refractivity contribution in [2.45, 2.75) is 26.3 Å². The van der Waals surface area contributed by atoms with Gasteiger partial charge in [0.15, 0.2) is 9.84 Å². The summed E-state index contributed by atoms with van der Waals surface area (Å²) in [7, 11) is -3.04. The first-order valence-corrected chi connectivity index (χ1v) is 10.5. The van der Waals surface area contributed by atoms with Crippen LogP contribution in [0.25, 0.3) is 0 Å². The molecule has 0 spiro atoms. The Bertz CT molecular complexity index is 965. The third-order valence-electron chi connectivity index (χ3n) is 4.42. The van der Waals surface area contributed by atoms with Crippen LogP contribution in [0.1, 0.15) is 29.7 Å². The third-order valence-corrected chi connectivity index (χ3v) is 6.17. The number of rotatable bonds is 5. The molecule has 0 saturated carbocycles. The fourth-order valence-electron chi connectivity index (χ4n) is 3.21. The molecule has 27 heavy (non-hydrogen) atoms. The predicted octanol–water partition coefficient (Wildman–Crippen LogP) is 2.19. The van der Waals surface area contributed by atoms with Crippen molar-refractivity contribution in [1.82, 2.24) is 9.97 Å². The standard InChI is InChI=1S/C18H21FN4O3S/c1-3-23(15-7-8-27(25,26)11-15)17-10-16(20-12(2)21-17)18(24)22-14-6-4-5-13(19)9-14/h4-6,9-10,15H,3,7-8,11H2,1-2H3,(H,22,24). The van der Waals surface area contributed by atoms with E-state index in [1.807, 2.05) is 11.8 Å². The lowest BCUT2D eigenvalue weighted by molar-refractivity contribution is 0.102. The molecule has 7 nitrogen and oxygen atoms in total. The Balaban J connectivity index is 1.86. The van der Waals surface area contributed by atoms with Crippen molar-refractivity contribution in [3.05, 3.63) is 47.7 Å². The van der Waals surface area contributed by atoms with E-state index < -0.39 is 21.6 Å². The maximum atomic E-state index is 13.3. The highest BCUT2D eigenvalue weighted by atomic mass is 32.2. The van der Waals surface area contributed by atoms with Crippen molar-refractivity contribution in [3.8, 4) is 0 Å². The van der Waals surface area contributed by atoms with Crippen molar-refractivity contribution in [3.63, 3.8) is 0 Å². The fraction of sp³-hybridized carbons (Fsp3) is 0.389. The van der Waals surface area contributed by atoms with E-state index in [-0.39, 0.29) is 23.2 Å². The largest absolute Gasteiger partial charge is 0.353 e. The molecule has 2 aromatic rings. The number of hydrogen-bond donors (Lipinski definition) is 1. The second kappa shape index (κ2) is 7.59. The number of nitrogens with zero attached hydrogens (tertiary/aromatic N) is 3. The van der Waals surface area contributed by atoms with E-state index in [0.29, 0.717) is 30.3 Å². The quantitative estimate of drug-likeness (QED) is 0.839. The van der Waals surface area contributed by atoms with Crippen LogP contribution in [-0.4, -0.2) is 48.4 Å². The Morgan fingerprint density at radius 3 is 2.74 bits per heavy atom. The Morgan fingerprint density at radius 1 is 1.33 bits per heavy atom.